The molecule has 0 aliphatic carbocycles. The monoisotopic (exact) mass is 290 g/mol. The van der Waals surface area contributed by atoms with Crippen LogP contribution in [0, 0.1) is 15.9 Å². The molecule has 0 heterocycles. The molecule has 1 amide bonds. The first-order chi connectivity index (χ1) is 9.99. The number of hydrogen-bond acceptors (Lipinski definition) is 4. The first-order valence-corrected chi connectivity index (χ1v) is 5.96. The summed E-state index contributed by atoms with van der Waals surface area (Å²) in [6.07, 6.45) is 0. The van der Waals surface area contributed by atoms with Crippen LogP contribution in [0.3, 0.4) is 0 Å². The number of hydrogen-bond donors (Lipinski definition) is 1. The molecule has 21 heavy (non-hydrogen) atoms. The van der Waals surface area contributed by atoms with Crippen LogP contribution in [-0.2, 0) is 4.79 Å². The van der Waals surface area contributed by atoms with Crippen molar-refractivity contribution in [2.75, 3.05) is 5.32 Å². The van der Waals surface area contributed by atoms with E-state index in [1.54, 1.807) is 18.2 Å². The Morgan fingerprint density at radius 3 is 2.52 bits per heavy atom. The molecule has 0 unspecified atom stereocenters. The van der Waals surface area contributed by atoms with E-state index in [1.165, 1.54) is 25.1 Å². The van der Waals surface area contributed by atoms with Crippen molar-refractivity contribution >= 4 is 17.3 Å². The van der Waals surface area contributed by atoms with Gasteiger partial charge in [-0.15, -0.1) is 0 Å². The number of halogens is 1. The van der Waals surface area contributed by atoms with Gasteiger partial charge in [0.1, 0.15) is 0 Å². The smallest absolute Gasteiger partial charge is 0.346 e. The third-order valence-corrected chi connectivity index (χ3v) is 2.55. The highest BCUT2D eigenvalue weighted by molar-refractivity contribution is 5.90. The zero-order chi connectivity index (χ0) is 15.4. The maximum Gasteiger partial charge on any atom is 0.346 e. The van der Waals surface area contributed by atoms with Crippen molar-refractivity contribution in [2.45, 2.75) is 6.92 Å². The maximum absolute atomic E-state index is 13.5. The summed E-state index contributed by atoms with van der Waals surface area (Å²) in [5, 5.41) is 13.4. The van der Waals surface area contributed by atoms with Crippen molar-refractivity contribution < 1.29 is 18.8 Å². The Hall–Kier alpha value is -2.96. The minimum atomic E-state index is -0.991. The molecule has 6 nitrogen and oxygen atoms in total. The van der Waals surface area contributed by atoms with Crippen LogP contribution in [0.4, 0.5) is 15.8 Å². The Labute approximate surface area is 119 Å². The van der Waals surface area contributed by atoms with Gasteiger partial charge < -0.3 is 10.1 Å². The lowest BCUT2D eigenvalue weighted by Crippen LogP contribution is -2.07. The summed E-state index contributed by atoms with van der Waals surface area (Å²) in [5.41, 5.74) is -0.418. The zero-order valence-electron chi connectivity index (χ0n) is 11.0. The number of carbonyl (C=O) groups is 1. The molecule has 1 N–H and O–H groups in total. The molecule has 2 aromatic rings. The standard InChI is InChI=1S/C14H11FN2O4/c1-9(18)16-11-6-2-3-7-12(11)21-13-8-4-5-10(15)14(13)17(19)20/h2-8H,1H3,(H,16,18). The van der Waals surface area contributed by atoms with E-state index in [2.05, 4.69) is 5.32 Å². The predicted octanol–water partition coefficient (Wildman–Crippen LogP) is 3.48. The first kappa shape index (κ1) is 14.4. The molecule has 108 valence electrons. The molecule has 0 bridgehead atoms. The van der Waals surface area contributed by atoms with Gasteiger partial charge in [0.05, 0.1) is 10.6 Å². The van der Waals surface area contributed by atoms with Gasteiger partial charge in [-0.25, -0.2) is 0 Å². The Bertz CT molecular complexity index is 703. The van der Waals surface area contributed by atoms with E-state index in [9.17, 15) is 19.3 Å². The van der Waals surface area contributed by atoms with E-state index in [0.717, 1.165) is 6.07 Å². The molecule has 0 radical (unpaired) electrons. The number of amides is 1. The SMILES string of the molecule is CC(=O)Nc1ccccc1Oc1cccc(F)c1[N+](=O)[O-]. The highest BCUT2D eigenvalue weighted by Gasteiger charge is 2.22. The van der Waals surface area contributed by atoms with Crippen LogP contribution in [0.5, 0.6) is 11.5 Å². The highest BCUT2D eigenvalue weighted by Crippen LogP contribution is 2.36. The molecule has 0 atom stereocenters. The zero-order valence-corrected chi connectivity index (χ0v) is 11.0. The summed E-state index contributed by atoms with van der Waals surface area (Å²) in [6, 6.07) is 9.95. The third-order valence-electron chi connectivity index (χ3n) is 2.55. The van der Waals surface area contributed by atoms with Crippen LogP contribution in [0.2, 0.25) is 0 Å². The number of para-hydroxylation sites is 3. The first-order valence-electron chi connectivity index (χ1n) is 5.96. The summed E-state index contributed by atoms with van der Waals surface area (Å²) in [5.74, 6) is -1.37. The topological polar surface area (TPSA) is 81.5 Å². The molecule has 0 saturated carbocycles. The van der Waals surface area contributed by atoms with Crippen LogP contribution in [0.25, 0.3) is 0 Å². The number of ether oxygens (including phenoxy) is 1. The van der Waals surface area contributed by atoms with E-state index in [1.807, 2.05) is 0 Å². The summed E-state index contributed by atoms with van der Waals surface area (Å²) in [4.78, 5) is 21.2. The minimum Gasteiger partial charge on any atom is -0.448 e. The van der Waals surface area contributed by atoms with Gasteiger partial charge in [0.15, 0.2) is 5.75 Å². The average molecular weight is 290 g/mol. The summed E-state index contributed by atoms with van der Waals surface area (Å²) >= 11 is 0. The predicted molar refractivity (Wildman–Crippen MR) is 73.9 cm³/mol. The Morgan fingerprint density at radius 1 is 1.19 bits per heavy atom. The Morgan fingerprint density at radius 2 is 1.86 bits per heavy atom. The second kappa shape index (κ2) is 6.00. The van der Waals surface area contributed by atoms with Crippen LogP contribution in [0.15, 0.2) is 42.5 Å². The number of nitro benzene ring substituents is 1. The van der Waals surface area contributed by atoms with Crippen molar-refractivity contribution in [3.05, 3.63) is 58.4 Å². The molecule has 2 rings (SSSR count). The van der Waals surface area contributed by atoms with Crippen molar-refractivity contribution in [1.82, 2.24) is 0 Å². The van der Waals surface area contributed by atoms with Gasteiger partial charge in [-0.2, -0.15) is 4.39 Å². The second-order valence-corrected chi connectivity index (χ2v) is 4.12. The van der Waals surface area contributed by atoms with Gasteiger partial charge in [0.2, 0.25) is 17.5 Å². The molecule has 0 aliphatic heterocycles. The molecule has 7 heteroatoms. The fourth-order valence-corrected chi connectivity index (χ4v) is 1.72. The third kappa shape index (κ3) is 3.33. The van der Waals surface area contributed by atoms with Gasteiger partial charge in [0, 0.05) is 6.92 Å². The molecular formula is C14H11FN2O4. The van der Waals surface area contributed by atoms with Gasteiger partial charge in [-0.1, -0.05) is 18.2 Å². The normalized spacial score (nSPS) is 10.0. The van der Waals surface area contributed by atoms with E-state index >= 15 is 0 Å². The number of nitrogens with one attached hydrogen (secondary N) is 1. The van der Waals surface area contributed by atoms with E-state index < -0.39 is 16.4 Å². The van der Waals surface area contributed by atoms with Crippen molar-refractivity contribution in [3.8, 4) is 11.5 Å². The maximum atomic E-state index is 13.5. The van der Waals surface area contributed by atoms with Crippen molar-refractivity contribution in [3.63, 3.8) is 0 Å². The number of carbonyl (C=O) groups excluding carboxylic acids is 1. The second-order valence-electron chi connectivity index (χ2n) is 4.12. The van der Waals surface area contributed by atoms with E-state index in [-0.39, 0.29) is 17.4 Å². The fourth-order valence-electron chi connectivity index (χ4n) is 1.72. The molecule has 0 aromatic heterocycles. The number of nitrogens with zero attached hydrogens (tertiary/aromatic N) is 1. The lowest BCUT2D eigenvalue weighted by molar-refractivity contribution is -0.388. The quantitative estimate of drug-likeness (QED) is 0.690. The van der Waals surface area contributed by atoms with Gasteiger partial charge in [-0.05, 0) is 24.3 Å². The average Bonchev–Trinajstić information content (AvgIpc) is 2.40. The summed E-state index contributed by atoms with van der Waals surface area (Å²) < 4.78 is 18.9. The molecule has 0 fully saturated rings. The van der Waals surface area contributed by atoms with Crippen LogP contribution < -0.4 is 10.1 Å². The van der Waals surface area contributed by atoms with Crippen molar-refractivity contribution in [2.24, 2.45) is 0 Å². The summed E-state index contributed by atoms with van der Waals surface area (Å²) in [6.45, 7) is 1.32. The molecule has 0 aliphatic rings. The van der Waals surface area contributed by atoms with E-state index in [4.69, 9.17) is 4.74 Å². The number of benzene rings is 2. The van der Waals surface area contributed by atoms with Gasteiger partial charge in [-0.3, -0.25) is 14.9 Å². The summed E-state index contributed by atoms with van der Waals surface area (Å²) in [7, 11) is 0. The van der Waals surface area contributed by atoms with Crippen molar-refractivity contribution in [1.29, 1.82) is 0 Å². The largest absolute Gasteiger partial charge is 0.448 e. The number of anilines is 1. The van der Waals surface area contributed by atoms with Gasteiger partial charge >= 0.3 is 5.69 Å². The highest BCUT2D eigenvalue weighted by atomic mass is 19.1. The number of rotatable bonds is 4. The molecular weight excluding hydrogens is 279 g/mol. The Balaban J connectivity index is 2.42. The van der Waals surface area contributed by atoms with E-state index in [0.29, 0.717) is 5.69 Å². The van der Waals surface area contributed by atoms with Crippen LogP contribution >= 0.6 is 0 Å². The number of nitro groups is 1. The molecule has 0 saturated heterocycles. The van der Waals surface area contributed by atoms with Crippen LogP contribution in [-0.4, -0.2) is 10.8 Å². The lowest BCUT2D eigenvalue weighted by Gasteiger charge is -2.11. The fraction of sp³-hybridized carbons (Fsp3) is 0.0714. The Kier molecular flexibility index (Phi) is 4.13. The molecule has 2 aromatic carbocycles. The van der Waals surface area contributed by atoms with Gasteiger partial charge in [0.25, 0.3) is 0 Å². The minimum absolute atomic E-state index is 0.182. The van der Waals surface area contributed by atoms with Crippen LogP contribution in [0.1, 0.15) is 6.92 Å². The molecule has 0 spiro atoms. The lowest BCUT2D eigenvalue weighted by atomic mass is 10.2.